The Morgan fingerprint density at radius 2 is 2.30 bits per heavy atom. The van der Waals surface area contributed by atoms with E-state index in [1.807, 2.05) is 18.2 Å². The molecule has 0 atom stereocenters. The zero-order chi connectivity index (χ0) is 13.9. The smallest absolute Gasteiger partial charge is 0.123 e. The van der Waals surface area contributed by atoms with E-state index in [4.69, 9.17) is 16.3 Å². The van der Waals surface area contributed by atoms with Crippen LogP contribution in [0.25, 0.3) is 0 Å². The molecule has 5 heteroatoms. The van der Waals surface area contributed by atoms with Crippen molar-refractivity contribution < 1.29 is 4.74 Å². The Morgan fingerprint density at radius 3 is 3.10 bits per heavy atom. The second kappa shape index (κ2) is 5.85. The van der Waals surface area contributed by atoms with Crippen molar-refractivity contribution in [2.45, 2.75) is 26.4 Å². The van der Waals surface area contributed by atoms with Crippen molar-refractivity contribution in [3.63, 3.8) is 0 Å². The first-order valence-corrected chi connectivity index (χ1v) is 7.29. The van der Waals surface area contributed by atoms with Gasteiger partial charge in [0.15, 0.2) is 0 Å². The SMILES string of the molecule is CCc1cc(CN2CCOc3ccc(Cl)cc3C2)[nH]n1. The van der Waals surface area contributed by atoms with E-state index in [2.05, 4.69) is 28.1 Å². The van der Waals surface area contributed by atoms with Gasteiger partial charge in [-0.3, -0.25) is 10.00 Å². The molecule has 4 nitrogen and oxygen atoms in total. The molecule has 0 saturated carbocycles. The van der Waals surface area contributed by atoms with Crippen LogP contribution in [0.15, 0.2) is 24.3 Å². The molecule has 1 aliphatic rings. The van der Waals surface area contributed by atoms with Crippen LogP contribution in [0.3, 0.4) is 0 Å². The van der Waals surface area contributed by atoms with Gasteiger partial charge in [0.2, 0.25) is 0 Å². The van der Waals surface area contributed by atoms with Crippen LogP contribution in [-0.4, -0.2) is 28.2 Å². The van der Waals surface area contributed by atoms with Crippen LogP contribution < -0.4 is 4.74 Å². The Hall–Kier alpha value is -1.52. The number of hydrogen-bond donors (Lipinski definition) is 1. The number of H-pyrrole nitrogens is 1. The number of ether oxygens (including phenoxy) is 1. The van der Waals surface area contributed by atoms with Gasteiger partial charge in [-0.05, 0) is 30.7 Å². The Kier molecular flexibility index (Phi) is 3.94. The molecule has 0 fully saturated rings. The first-order chi connectivity index (χ1) is 9.74. The number of halogens is 1. The summed E-state index contributed by atoms with van der Waals surface area (Å²) in [5.41, 5.74) is 3.40. The Balaban J connectivity index is 1.74. The minimum Gasteiger partial charge on any atom is -0.492 e. The molecule has 1 aromatic carbocycles. The lowest BCUT2D eigenvalue weighted by Crippen LogP contribution is -2.25. The number of aryl methyl sites for hydroxylation is 1. The predicted octanol–water partition coefficient (Wildman–Crippen LogP) is 3.02. The Morgan fingerprint density at radius 1 is 1.40 bits per heavy atom. The summed E-state index contributed by atoms with van der Waals surface area (Å²) in [6, 6.07) is 7.94. The first kappa shape index (κ1) is 13.5. The third-order valence-electron chi connectivity index (χ3n) is 3.52. The molecule has 1 aliphatic heterocycles. The largest absolute Gasteiger partial charge is 0.492 e. The van der Waals surface area contributed by atoms with Gasteiger partial charge in [-0.2, -0.15) is 5.10 Å². The van der Waals surface area contributed by atoms with Crippen molar-refractivity contribution in [2.75, 3.05) is 13.2 Å². The maximum absolute atomic E-state index is 6.07. The third kappa shape index (κ3) is 2.97. The van der Waals surface area contributed by atoms with Crippen molar-refractivity contribution in [3.05, 3.63) is 46.2 Å². The number of rotatable bonds is 3. The monoisotopic (exact) mass is 291 g/mol. The number of aromatic nitrogens is 2. The fourth-order valence-corrected chi connectivity index (χ4v) is 2.66. The van der Waals surface area contributed by atoms with Crippen molar-refractivity contribution in [1.29, 1.82) is 0 Å². The van der Waals surface area contributed by atoms with Crippen LogP contribution in [0.5, 0.6) is 5.75 Å². The van der Waals surface area contributed by atoms with Gasteiger partial charge < -0.3 is 4.74 Å². The lowest BCUT2D eigenvalue weighted by atomic mass is 10.2. The number of hydrogen-bond acceptors (Lipinski definition) is 3. The standard InChI is InChI=1S/C15H18ClN3O/c1-2-13-8-14(18-17-13)10-19-5-6-20-15-4-3-12(16)7-11(15)9-19/h3-4,7-8H,2,5-6,9-10H2,1H3,(H,17,18). The zero-order valence-electron chi connectivity index (χ0n) is 11.5. The lowest BCUT2D eigenvalue weighted by molar-refractivity contribution is 0.217. The molecule has 106 valence electrons. The van der Waals surface area contributed by atoms with Gasteiger partial charge in [0.05, 0.1) is 5.69 Å². The number of benzene rings is 1. The molecule has 0 radical (unpaired) electrons. The second-order valence-corrected chi connectivity index (χ2v) is 5.49. The van der Waals surface area contributed by atoms with Crippen molar-refractivity contribution in [3.8, 4) is 5.75 Å². The first-order valence-electron chi connectivity index (χ1n) is 6.91. The van der Waals surface area contributed by atoms with Gasteiger partial charge in [-0.15, -0.1) is 0 Å². The fraction of sp³-hybridized carbons (Fsp3) is 0.400. The number of nitrogens with one attached hydrogen (secondary N) is 1. The highest BCUT2D eigenvalue weighted by atomic mass is 35.5. The third-order valence-corrected chi connectivity index (χ3v) is 3.76. The number of fused-ring (bicyclic) bond motifs is 1. The maximum Gasteiger partial charge on any atom is 0.123 e. The van der Waals surface area contributed by atoms with E-state index in [9.17, 15) is 0 Å². The van der Waals surface area contributed by atoms with Crippen molar-refractivity contribution >= 4 is 11.6 Å². The molecule has 1 aromatic heterocycles. The van der Waals surface area contributed by atoms with Crippen LogP contribution in [0, 0.1) is 0 Å². The highest BCUT2D eigenvalue weighted by molar-refractivity contribution is 6.30. The molecule has 0 unspecified atom stereocenters. The molecule has 3 rings (SSSR count). The summed E-state index contributed by atoms with van der Waals surface area (Å²) in [4.78, 5) is 2.34. The summed E-state index contributed by atoms with van der Waals surface area (Å²) in [6.07, 6.45) is 0.956. The summed E-state index contributed by atoms with van der Waals surface area (Å²) >= 11 is 6.07. The lowest BCUT2D eigenvalue weighted by Gasteiger charge is -2.18. The molecule has 0 amide bonds. The molecule has 0 saturated heterocycles. The molecule has 0 bridgehead atoms. The molecule has 0 aliphatic carbocycles. The quantitative estimate of drug-likeness (QED) is 0.945. The molecule has 2 heterocycles. The van der Waals surface area contributed by atoms with Crippen molar-refractivity contribution in [1.82, 2.24) is 15.1 Å². The van der Waals surface area contributed by atoms with Crippen LogP contribution >= 0.6 is 11.6 Å². The molecule has 20 heavy (non-hydrogen) atoms. The minimum atomic E-state index is 0.698. The van der Waals surface area contributed by atoms with Crippen LogP contribution in [0.1, 0.15) is 23.9 Å². The highest BCUT2D eigenvalue weighted by Gasteiger charge is 2.16. The topological polar surface area (TPSA) is 41.1 Å². The fourth-order valence-electron chi connectivity index (χ4n) is 2.46. The summed E-state index contributed by atoms with van der Waals surface area (Å²) in [5.74, 6) is 0.941. The van der Waals surface area contributed by atoms with Crippen LogP contribution in [0.4, 0.5) is 0 Å². The van der Waals surface area contributed by atoms with Gasteiger partial charge >= 0.3 is 0 Å². The summed E-state index contributed by atoms with van der Waals surface area (Å²) in [7, 11) is 0. The summed E-state index contributed by atoms with van der Waals surface area (Å²) < 4.78 is 5.77. The average molecular weight is 292 g/mol. The predicted molar refractivity (Wildman–Crippen MR) is 79.0 cm³/mol. The Bertz CT molecular complexity index is 597. The molecule has 0 spiro atoms. The summed E-state index contributed by atoms with van der Waals surface area (Å²) in [6.45, 7) is 5.40. The minimum absolute atomic E-state index is 0.698. The van der Waals surface area contributed by atoms with E-state index >= 15 is 0 Å². The Labute approximate surface area is 123 Å². The van der Waals surface area contributed by atoms with E-state index in [1.165, 1.54) is 0 Å². The molecule has 2 aromatic rings. The van der Waals surface area contributed by atoms with Crippen LogP contribution in [-0.2, 0) is 19.5 Å². The maximum atomic E-state index is 6.07. The van der Waals surface area contributed by atoms with E-state index in [-0.39, 0.29) is 0 Å². The molecular formula is C15H18ClN3O. The van der Waals surface area contributed by atoms with Gasteiger partial charge in [0.25, 0.3) is 0 Å². The van der Waals surface area contributed by atoms with Gasteiger partial charge in [0, 0.05) is 35.9 Å². The van der Waals surface area contributed by atoms with Gasteiger partial charge in [-0.1, -0.05) is 18.5 Å². The number of nitrogens with zero attached hydrogens (tertiary/aromatic N) is 2. The van der Waals surface area contributed by atoms with E-state index in [0.29, 0.717) is 6.61 Å². The van der Waals surface area contributed by atoms with E-state index < -0.39 is 0 Å². The van der Waals surface area contributed by atoms with Crippen molar-refractivity contribution in [2.24, 2.45) is 0 Å². The van der Waals surface area contributed by atoms with Crippen LogP contribution in [0.2, 0.25) is 5.02 Å². The summed E-state index contributed by atoms with van der Waals surface area (Å²) in [5, 5.41) is 8.13. The molecule has 1 N–H and O–H groups in total. The average Bonchev–Trinajstić information content (AvgIpc) is 2.79. The van der Waals surface area contributed by atoms with E-state index in [1.54, 1.807) is 0 Å². The van der Waals surface area contributed by atoms with Gasteiger partial charge in [-0.25, -0.2) is 0 Å². The number of aromatic amines is 1. The van der Waals surface area contributed by atoms with E-state index in [0.717, 1.165) is 53.8 Å². The normalized spacial score (nSPS) is 15.5. The van der Waals surface area contributed by atoms with Gasteiger partial charge in [0.1, 0.15) is 12.4 Å². The zero-order valence-corrected chi connectivity index (χ0v) is 12.3. The highest BCUT2D eigenvalue weighted by Crippen LogP contribution is 2.26. The molecular weight excluding hydrogens is 274 g/mol. The second-order valence-electron chi connectivity index (χ2n) is 5.05.